The molecule has 1 aromatic rings. The second-order valence-electron chi connectivity index (χ2n) is 3.88. The second-order valence-corrected chi connectivity index (χ2v) is 6.09. The number of halogens is 1. The first kappa shape index (κ1) is 13.7. The molecule has 2 rings (SSSR count). The molecule has 0 bridgehead atoms. The van der Waals surface area contributed by atoms with Crippen LogP contribution in [-0.2, 0) is 4.79 Å². The summed E-state index contributed by atoms with van der Waals surface area (Å²) in [4.78, 5) is 24.8. The first-order valence-corrected chi connectivity index (χ1v) is 7.69. The largest absolute Gasteiger partial charge is 0.332 e. The van der Waals surface area contributed by atoms with Gasteiger partial charge in [-0.25, -0.2) is 0 Å². The second kappa shape index (κ2) is 6.42. The monoisotopic (exact) mass is 376 g/mol. The lowest BCUT2D eigenvalue weighted by Gasteiger charge is -2.14. The Kier molecular flexibility index (Phi) is 4.87. The number of thioether (sulfide) groups is 1. The normalized spacial score (nSPS) is 14.9. The molecule has 96 valence electrons. The minimum Gasteiger partial charge on any atom is -0.332 e. The molecule has 2 amide bonds. The highest BCUT2D eigenvalue weighted by molar-refractivity contribution is 14.1. The number of hydrogen-bond acceptors (Lipinski definition) is 3. The third-order valence-electron chi connectivity index (χ3n) is 2.60. The van der Waals surface area contributed by atoms with E-state index in [0.29, 0.717) is 13.0 Å². The lowest BCUT2D eigenvalue weighted by atomic mass is 10.3. The summed E-state index contributed by atoms with van der Waals surface area (Å²) >= 11 is 3.50. The third kappa shape index (κ3) is 3.61. The number of amides is 2. The Hall–Kier alpha value is -0.760. The van der Waals surface area contributed by atoms with Crippen LogP contribution in [0.15, 0.2) is 24.3 Å². The van der Waals surface area contributed by atoms with Crippen LogP contribution in [0.1, 0.15) is 6.42 Å². The molecule has 1 aliphatic heterocycles. The Morgan fingerprint density at radius 1 is 1.44 bits per heavy atom. The molecule has 1 aliphatic rings. The molecule has 1 heterocycles. The van der Waals surface area contributed by atoms with Gasteiger partial charge in [0.05, 0.1) is 5.69 Å². The van der Waals surface area contributed by atoms with E-state index in [2.05, 4.69) is 27.9 Å². The van der Waals surface area contributed by atoms with Crippen molar-refractivity contribution in [1.82, 2.24) is 4.90 Å². The number of benzene rings is 1. The molecule has 0 atom stereocenters. The number of hydrogen-bond donors (Lipinski definition) is 1. The maximum Gasteiger partial charge on any atom is 0.281 e. The van der Waals surface area contributed by atoms with Gasteiger partial charge in [0.25, 0.3) is 5.24 Å². The minimum absolute atomic E-state index is 0.0520. The first-order valence-electron chi connectivity index (χ1n) is 5.63. The molecular weight excluding hydrogens is 363 g/mol. The van der Waals surface area contributed by atoms with E-state index in [0.717, 1.165) is 21.6 Å². The van der Waals surface area contributed by atoms with Crippen LogP contribution >= 0.6 is 34.4 Å². The minimum atomic E-state index is -0.0520. The standard InChI is InChI=1S/C12H13IN2O2S/c13-9-3-1-2-4-10(9)14-11(16)5-6-15-7-8-18-12(15)17/h1-4H,5-8H2,(H,14,16). The van der Waals surface area contributed by atoms with Crippen molar-refractivity contribution in [3.05, 3.63) is 27.8 Å². The van der Waals surface area contributed by atoms with E-state index < -0.39 is 0 Å². The number of anilines is 1. The Morgan fingerprint density at radius 2 is 2.22 bits per heavy atom. The van der Waals surface area contributed by atoms with Gasteiger partial charge in [-0.2, -0.15) is 0 Å². The molecule has 0 spiro atoms. The fourth-order valence-electron chi connectivity index (χ4n) is 1.64. The van der Waals surface area contributed by atoms with Gasteiger partial charge in [-0.1, -0.05) is 23.9 Å². The molecule has 6 heteroatoms. The van der Waals surface area contributed by atoms with Crippen LogP contribution < -0.4 is 5.32 Å². The molecule has 0 radical (unpaired) electrons. The van der Waals surface area contributed by atoms with E-state index in [9.17, 15) is 9.59 Å². The topological polar surface area (TPSA) is 49.4 Å². The fraction of sp³-hybridized carbons (Fsp3) is 0.333. The van der Waals surface area contributed by atoms with Crippen molar-refractivity contribution in [2.24, 2.45) is 0 Å². The van der Waals surface area contributed by atoms with Crippen LogP contribution in [0.2, 0.25) is 0 Å². The van der Waals surface area contributed by atoms with E-state index in [1.165, 1.54) is 11.8 Å². The molecule has 0 aliphatic carbocycles. The predicted octanol–water partition coefficient (Wildman–Crippen LogP) is 2.79. The summed E-state index contributed by atoms with van der Waals surface area (Å²) in [5, 5.41) is 2.94. The van der Waals surface area contributed by atoms with Crippen LogP contribution in [0, 0.1) is 3.57 Å². The van der Waals surface area contributed by atoms with E-state index in [1.54, 1.807) is 4.90 Å². The summed E-state index contributed by atoms with van der Waals surface area (Å²) in [6, 6.07) is 7.63. The number of para-hydroxylation sites is 1. The molecule has 1 saturated heterocycles. The maximum absolute atomic E-state index is 11.8. The van der Waals surface area contributed by atoms with E-state index in [1.807, 2.05) is 24.3 Å². The van der Waals surface area contributed by atoms with Crippen molar-refractivity contribution in [3.63, 3.8) is 0 Å². The average Bonchev–Trinajstić information content (AvgIpc) is 2.75. The van der Waals surface area contributed by atoms with Gasteiger partial charge in [-0.3, -0.25) is 9.59 Å². The van der Waals surface area contributed by atoms with Crippen molar-refractivity contribution in [2.45, 2.75) is 6.42 Å². The van der Waals surface area contributed by atoms with Crippen LogP contribution in [0.3, 0.4) is 0 Å². The molecule has 1 fully saturated rings. The lowest BCUT2D eigenvalue weighted by molar-refractivity contribution is -0.116. The highest BCUT2D eigenvalue weighted by Crippen LogP contribution is 2.19. The van der Waals surface area contributed by atoms with Gasteiger partial charge in [0.2, 0.25) is 5.91 Å². The van der Waals surface area contributed by atoms with Crippen molar-refractivity contribution in [3.8, 4) is 0 Å². The molecular formula is C12H13IN2O2S. The van der Waals surface area contributed by atoms with Gasteiger partial charge in [-0.15, -0.1) is 0 Å². The summed E-state index contributed by atoms with van der Waals surface area (Å²) in [6.45, 7) is 1.25. The zero-order valence-electron chi connectivity index (χ0n) is 9.69. The van der Waals surface area contributed by atoms with Crippen LogP contribution in [0.4, 0.5) is 10.5 Å². The highest BCUT2D eigenvalue weighted by Gasteiger charge is 2.21. The molecule has 0 unspecified atom stereocenters. The fourth-order valence-corrected chi connectivity index (χ4v) is 3.01. The number of rotatable bonds is 4. The van der Waals surface area contributed by atoms with Gasteiger partial charge in [-0.05, 0) is 34.7 Å². The molecule has 0 aromatic heterocycles. The van der Waals surface area contributed by atoms with E-state index >= 15 is 0 Å². The molecule has 1 N–H and O–H groups in total. The van der Waals surface area contributed by atoms with Gasteiger partial charge in [0.15, 0.2) is 0 Å². The highest BCUT2D eigenvalue weighted by atomic mass is 127. The smallest absolute Gasteiger partial charge is 0.281 e. The van der Waals surface area contributed by atoms with Gasteiger partial charge in [0, 0.05) is 28.8 Å². The van der Waals surface area contributed by atoms with Crippen molar-refractivity contribution in [1.29, 1.82) is 0 Å². The van der Waals surface area contributed by atoms with Gasteiger partial charge >= 0.3 is 0 Å². The molecule has 0 saturated carbocycles. The SMILES string of the molecule is O=C(CCN1CCSC1=O)Nc1ccccc1I. The van der Waals surface area contributed by atoms with E-state index in [4.69, 9.17) is 0 Å². The number of nitrogens with zero attached hydrogens (tertiary/aromatic N) is 1. The van der Waals surface area contributed by atoms with Crippen LogP contribution in [0.5, 0.6) is 0 Å². The summed E-state index contributed by atoms with van der Waals surface area (Å²) in [5.41, 5.74) is 0.824. The van der Waals surface area contributed by atoms with Crippen molar-refractivity contribution in [2.75, 3.05) is 24.2 Å². The van der Waals surface area contributed by atoms with Crippen molar-refractivity contribution < 1.29 is 9.59 Å². The Morgan fingerprint density at radius 3 is 2.89 bits per heavy atom. The molecule has 18 heavy (non-hydrogen) atoms. The van der Waals surface area contributed by atoms with Crippen LogP contribution in [-0.4, -0.2) is 34.9 Å². The quantitative estimate of drug-likeness (QED) is 0.823. The average molecular weight is 376 g/mol. The third-order valence-corrected chi connectivity index (χ3v) is 4.43. The van der Waals surface area contributed by atoms with Gasteiger partial charge in [0.1, 0.15) is 0 Å². The number of nitrogens with one attached hydrogen (secondary N) is 1. The van der Waals surface area contributed by atoms with E-state index in [-0.39, 0.29) is 11.1 Å². The summed E-state index contributed by atoms with van der Waals surface area (Å²) in [5.74, 6) is 0.778. The zero-order chi connectivity index (χ0) is 13.0. The van der Waals surface area contributed by atoms with Crippen molar-refractivity contribution >= 4 is 51.2 Å². The number of carbonyl (C=O) groups excluding carboxylic acids is 2. The Labute approximate surface area is 124 Å². The molecule has 1 aromatic carbocycles. The summed E-state index contributed by atoms with van der Waals surface area (Å²) in [7, 11) is 0. The summed E-state index contributed by atoms with van der Waals surface area (Å²) < 4.78 is 1.01. The zero-order valence-corrected chi connectivity index (χ0v) is 12.7. The lowest BCUT2D eigenvalue weighted by Crippen LogP contribution is -2.27. The van der Waals surface area contributed by atoms with Gasteiger partial charge < -0.3 is 10.2 Å². The first-order chi connectivity index (χ1) is 8.66. The van der Waals surface area contributed by atoms with Crippen LogP contribution in [0.25, 0.3) is 0 Å². The Balaban J connectivity index is 1.82. The maximum atomic E-state index is 11.8. The summed E-state index contributed by atoms with van der Waals surface area (Å²) in [6.07, 6.45) is 0.345. The molecule has 4 nitrogen and oxygen atoms in total. The predicted molar refractivity (Wildman–Crippen MR) is 81.8 cm³/mol. The number of carbonyl (C=O) groups is 2. The Bertz CT molecular complexity index is 467.